The first-order valence-electron chi connectivity index (χ1n) is 29.6. The van der Waals surface area contributed by atoms with E-state index in [1.807, 2.05) is 0 Å². The third kappa shape index (κ3) is 54.3. The van der Waals surface area contributed by atoms with Crippen LogP contribution in [-0.4, -0.2) is 37.2 Å². The minimum Gasteiger partial charge on any atom is -0.462 e. The molecule has 0 radical (unpaired) electrons. The summed E-state index contributed by atoms with van der Waals surface area (Å²) in [5, 5.41) is 0. The molecule has 0 aliphatic carbocycles. The number of ether oxygens (including phenoxy) is 3. The average molecular weight is 954 g/mol. The topological polar surface area (TPSA) is 78.9 Å². The van der Waals surface area contributed by atoms with Gasteiger partial charge in [-0.2, -0.15) is 0 Å². The number of hydrogen-bond donors (Lipinski definition) is 0. The smallest absolute Gasteiger partial charge is 0.306 e. The number of esters is 3. The molecule has 6 heteroatoms. The van der Waals surface area contributed by atoms with Crippen LogP contribution in [0.3, 0.4) is 0 Å². The molecule has 0 saturated carbocycles. The van der Waals surface area contributed by atoms with E-state index in [0.29, 0.717) is 19.3 Å². The molecule has 0 spiro atoms. The third-order valence-corrected chi connectivity index (χ3v) is 13.1. The Morgan fingerprint density at radius 3 is 0.897 bits per heavy atom. The molecule has 0 saturated heterocycles. The highest BCUT2D eigenvalue weighted by atomic mass is 16.6. The maximum Gasteiger partial charge on any atom is 0.306 e. The van der Waals surface area contributed by atoms with Crippen molar-refractivity contribution in [3.63, 3.8) is 0 Å². The monoisotopic (exact) mass is 953 g/mol. The van der Waals surface area contributed by atoms with Gasteiger partial charge in [0.25, 0.3) is 0 Å². The quantitative estimate of drug-likeness (QED) is 0.0262. The van der Waals surface area contributed by atoms with E-state index >= 15 is 0 Å². The molecule has 0 aromatic rings. The first kappa shape index (κ1) is 65.4. The Morgan fingerprint density at radius 2 is 0.574 bits per heavy atom. The number of unbranched alkanes of at least 4 members (excludes halogenated alkanes) is 35. The predicted molar refractivity (Wildman–Crippen MR) is 293 cm³/mol. The summed E-state index contributed by atoms with van der Waals surface area (Å²) in [4.78, 5) is 37.8. The van der Waals surface area contributed by atoms with Crippen molar-refractivity contribution in [2.24, 2.45) is 0 Å². The average Bonchev–Trinajstić information content (AvgIpc) is 3.34. The highest BCUT2D eigenvalue weighted by molar-refractivity contribution is 5.71. The molecule has 0 fully saturated rings. The molecule has 0 N–H and O–H groups in total. The second-order valence-electron chi connectivity index (χ2n) is 19.9. The molecule has 6 nitrogen and oxygen atoms in total. The minimum atomic E-state index is -0.766. The molecule has 0 aromatic carbocycles. The van der Waals surface area contributed by atoms with E-state index in [9.17, 15) is 14.4 Å². The highest BCUT2D eigenvalue weighted by Gasteiger charge is 2.19. The van der Waals surface area contributed by atoms with Crippen molar-refractivity contribution >= 4 is 17.9 Å². The maximum absolute atomic E-state index is 12.8. The Hall–Kier alpha value is -2.63. The van der Waals surface area contributed by atoms with Gasteiger partial charge in [-0.1, -0.05) is 281 Å². The van der Waals surface area contributed by atoms with Crippen molar-refractivity contribution < 1.29 is 28.6 Å². The van der Waals surface area contributed by atoms with Crippen LogP contribution in [0.2, 0.25) is 0 Å². The lowest BCUT2D eigenvalue weighted by molar-refractivity contribution is -0.167. The number of carbonyl (C=O) groups is 3. The lowest BCUT2D eigenvalue weighted by Crippen LogP contribution is -2.30. The van der Waals surface area contributed by atoms with Crippen LogP contribution < -0.4 is 0 Å². The van der Waals surface area contributed by atoms with Crippen LogP contribution in [0.4, 0.5) is 0 Å². The van der Waals surface area contributed by atoms with E-state index in [4.69, 9.17) is 14.2 Å². The molecule has 0 bridgehead atoms. The van der Waals surface area contributed by atoms with Crippen LogP contribution >= 0.6 is 0 Å². The van der Waals surface area contributed by atoms with Crippen molar-refractivity contribution in [3.05, 3.63) is 48.6 Å². The zero-order valence-corrected chi connectivity index (χ0v) is 45.4. The summed E-state index contributed by atoms with van der Waals surface area (Å²) in [5.74, 6) is -0.867. The molecule has 0 rings (SSSR count). The van der Waals surface area contributed by atoms with Gasteiger partial charge in [0.15, 0.2) is 6.10 Å². The van der Waals surface area contributed by atoms with Gasteiger partial charge in [0, 0.05) is 19.3 Å². The summed E-state index contributed by atoms with van der Waals surface area (Å²) in [7, 11) is 0. The zero-order valence-electron chi connectivity index (χ0n) is 45.4. The summed E-state index contributed by atoms with van der Waals surface area (Å²) in [6.45, 7) is 6.49. The standard InChI is InChI=1S/C62H112O6/c1-4-7-10-13-15-17-19-21-23-25-27-28-29-30-31-32-33-34-35-37-38-40-42-44-46-49-52-55-61(64)67-58-59(57-66-60(63)54-51-48-12-9-6-3)68-62(65)56-53-50-47-45-43-41-39-36-26-24-22-20-18-16-14-11-8-5-2/h7,10,15,17,21,23,27-28,59H,4-6,8-9,11-14,16,18-20,22,24-26,29-58H2,1-3H3/b10-7-,17-15-,23-21-,28-27-. The SMILES string of the molecule is CC/C=C\C/C=C\C/C=C\C/C=C\CCCCCCCCCCCCCCCCC(=O)OCC(COC(=O)CCCCCCC)OC(=O)CCCCCCCCCCCCCCCCCCCC. The van der Waals surface area contributed by atoms with E-state index in [2.05, 4.69) is 69.4 Å². The molecule has 68 heavy (non-hydrogen) atoms. The van der Waals surface area contributed by atoms with E-state index < -0.39 is 6.10 Å². The van der Waals surface area contributed by atoms with Crippen molar-refractivity contribution in [1.29, 1.82) is 0 Å². The van der Waals surface area contributed by atoms with Crippen molar-refractivity contribution in [2.45, 2.75) is 316 Å². The molecule has 396 valence electrons. The van der Waals surface area contributed by atoms with Gasteiger partial charge < -0.3 is 14.2 Å². The van der Waals surface area contributed by atoms with Crippen LogP contribution in [0.15, 0.2) is 48.6 Å². The zero-order chi connectivity index (χ0) is 49.3. The van der Waals surface area contributed by atoms with Crippen LogP contribution in [0.25, 0.3) is 0 Å². The molecule has 0 heterocycles. The Labute approximate surface area is 422 Å². The van der Waals surface area contributed by atoms with Crippen molar-refractivity contribution in [1.82, 2.24) is 0 Å². The van der Waals surface area contributed by atoms with Gasteiger partial charge in [-0.15, -0.1) is 0 Å². The number of allylic oxidation sites excluding steroid dienone is 8. The fourth-order valence-electron chi connectivity index (χ4n) is 8.67. The Morgan fingerprint density at radius 1 is 0.309 bits per heavy atom. The van der Waals surface area contributed by atoms with Gasteiger partial charge >= 0.3 is 17.9 Å². The molecular formula is C62H112O6. The summed E-state index contributed by atoms with van der Waals surface area (Å²) < 4.78 is 16.7. The summed E-state index contributed by atoms with van der Waals surface area (Å²) >= 11 is 0. The number of rotatable bonds is 54. The minimum absolute atomic E-state index is 0.0693. The normalized spacial score (nSPS) is 12.3. The van der Waals surface area contributed by atoms with E-state index in [1.165, 1.54) is 180 Å². The lowest BCUT2D eigenvalue weighted by atomic mass is 10.0. The summed E-state index contributed by atoms with van der Waals surface area (Å²) in [6, 6.07) is 0. The molecule has 0 aromatic heterocycles. The van der Waals surface area contributed by atoms with Gasteiger partial charge in [0.1, 0.15) is 13.2 Å². The van der Waals surface area contributed by atoms with Crippen LogP contribution in [0, 0.1) is 0 Å². The van der Waals surface area contributed by atoms with E-state index in [-0.39, 0.29) is 31.1 Å². The highest BCUT2D eigenvalue weighted by Crippen LogP contribution is 2.17. The van der Waals surface area contributed by atoms with Crippen LogP contribution in [-0.2, 0) is 28.6 Å². The fourth-order valence-corrected chi connectivity index (χ4v) is 8.67. The molecule has 1 unspecified atom stereocenters. The summed E-state index contributed by atoms with van der Waals surface area (Å²) in [5.41, 5.74) is 0. The largest absolute Gasteiger partial charge is 0.462 e. The third-order valence-electron chi connectivity index (χ3n) is 13.1. The van der Waals surface area contributed by atoms with E-state index in [1.54, 1.807) is 0 Å². The van der Waals surface area contributed by atoms with E-state index in [0.717, 1.165) is 89.9 Å². The molecule has 0 aliphatic heterocycles. The van der Waals surface area contributed by atoms with Crippen LogP contribution in [0.1, 0.15) is 310 Å². The molecule has 0 aliphatic rings. The summed E-state index contributed by atoms with van der Waals surface area (Å²) in [6.07, 6.45) is 70.1. The van der Waals surface area contributed by atoms with Crippen LogP contribution in [0.5, 0.6) is 0 Å². The predicted octanol–water partition coefficient (Wildman–Crippen LogP) is 19.8. The lowest BCUT2D eigenvalue weighted by Gasteiger charge is -2.18. The number of hydrogen-bond acceptors (Lipinski definition) is 6. The maximum atomic E-state index is 12.8. The Balaban J connectivity index is 4.01. The molecular weight excluding hydrogens is 841 g/mol. The molecule has 0 amide bonds. The van der Waals surface area contributed by atoms with Gasteiger partial charge in [-0.25, -0.2) is 0 Å². The van der Waals surface area contributed by atoms with Gasteiger partial charge in [-0.05, 0) is 57.8 Å². The second-order valence-corrected chi connectivity index (χ2v) is 19.9. The number of carbonyl (C=O) groups excluding carboxylic acids is 3. The Kier molecular flexibility index (Phi) is 54.8. The van der Waals surface area contributed by atoms with Crippen molar-refractivity contribution in [2.75, 3.05) is 13.2 Å². The van der Waals surface area contributed by atoms with Gasteiger partial charge in [-0.3, -0.25) is 14.4 Å². The first-order chi connectivity index (χ1) is 33.5. The molecule has 1 atom stereocenters. The first-order valence-corrected chi connectivity index (χ1v) is 29.6. The fraction of sp³-hybridized carbons (Fsp3) is 0.823. The second kappa shape index (κ2) is 57.0. The Bertz CT molecular complexity index is 1190. The van der Waals surface area contributed by atoms with Gasteiger partial charge in [0.2, 0.25) is 0 Å². The van der Waals surface area contributed by atoms with Gasteiger partial charge in [0.05, 0.1) is 0 Å². The van der Waals surface area contributed by atoms with Crippen molar-refractivity contribution in [3.8, 4) is 0 Å².